The predicted octanol–water partition coefficient (Wildman–Crippen LogP) is 11.7. The lowest BCUT2D eigenvalue weighted by Crippen LogP contribution is -2.17. The minimum absolute atomic E-state index is 0.0930. The van der Waals surface area contributed by atoms with E-state index in [1.165, 1.54) is 16.0 Å². The zero-order valence-corrected chi connectivity index (χ0v) is 32.1. The van der Waals surface area contributed by atoms with E-state index in [1.807, 2.05) is 13.0 Å². The van der Waals surface area contributed by atoms with Gasteiger partial charge < -0.3 is 19.3 Å². The fourth-order valence-electron chi connectivity index (χ4n) is 6.13. The molecule has 258 valence electrons. The molecule has 0 aliphatic rings. The van der Waals surface area contributed by atoms with Crippen LogP contribution in [0.1, 0.15) is 155 Å². The third-order valence-electron chi connectivity index (χ3n) is 9.28. The molecule has 0 radical (unpaired) electrons. The summed E-state index contributed by atoms with van der Waals surface area (Å²) in [4.78, 5) is 1.32. The number of aliphatic hydroxyl groups excluding tert-OH is 1. The molecule has 47 heavy (non-hydrogen) atoms. The Morgan fingerprint density at radius 3 is 1.34 bits per heavy atom. The quantitative estimate of drug-likeness (QED) is 0.232. The van der Waals surface area contributed by atoms with Gasteiger partial charge in [0.1, 0.15) is 5.75 Å². The summed E-state index contributed by atoms with van der Waals surface area (Å²) in [5.41, 5.74) is 7.91. The largest absolute Gasteiger partial charge is 0.507 e. The first-order chi connectivity index (χ1) is 21.2. The van der Waals surface area contributed by atoms with Crippen molar-refractivity contribution in [3.63, 3.8) is 0 Å². The molecule has 2 N–H and O–H groups in total. The number of phenols is 1. The van der Waals surface area contributed by atoms with E-state index in [-0.39, 0.29) is 27.1 Å². The molecule has 0 spiro atoms. The van der Waals surface area contributed by atoms with E-state index in [9.17, 15) is 10.2 Å². The molecule has 1 aromatic heterocycles. The van der Waals surface area contributed by atoms with Crippen molar-refractivity contribution in [1.82, 2.24) is 4.91 Å². The number of aromatic hydroxyl groups is 1. The fraction of sp³-hybridized carbons (Fsp3) is 0.571. The summed E-state index contributed by atoms with van der Waals surface area (Å²) >= 11 is 0. The van der Waals surface area contributed by atoms with Crippen molar-refractivity contribution in [2.45, 2.75) is 157 Å². The number of nitrogens with zero attached hydrogens (tertiary/aromatic N) is 1. The lowest BCUT2D eigenvalue weighted by atomic mass is 9.77. The molecule has 0 aliphatic carbocycles. The van der Waals surface area contributed by atoms with Gasteiger partial charge in [0, 0.05) is 28.3 Å². The molecule has 0 fully saturated rings. The minimum atomic E-state index is -1.06. The Kier molecular flexibility index (Phi) is 9.40. The van der Waals surface area contributed by atoms with Gasteiger partial charge in [-0.1, -0.05) is 128 Å². The van der Waals surface area contributed by atoms with E-state index in [4.69, 9.17) is 9.05 Å². The predicted molar refractivity (Wildman–Crippen MR) is 198 cm³/mol. The molecule has 3 aromatic carbocycles. The highest BCUT2D eigenvalue weighted by atomic mass is 16.7. The zero-order chi connectivity index (χ0) is 35.7. The summed E-state index contributed by atoms with van der Waals surface area (Å²) in [5.74, 6) is 0.336. The van der Waals surface area contributed by atoms with Gasteiger partial charge in [0.05, 0.1) is 0 Å². The molecule has 5 nitrogen and oxygen atoms in total. The van der Waals surface area contributed by atoms with Crippen molar-refractivity contribution in [2.24, 2.45) is 0 Å². The number of aryl methyl sites for hydroxylation is 2. The molecule has 1 unspecified atom stereocenters. The van der Waals surface area contributed by atoms with Gasteiger partial charge in [-0.25, -0.2) is 0 Å². The molecule has 4 aromatic rings. The fourth-order valence-corrected chi connectivity index (χ4v) is 6.13. The molecular weight excluding hydrogens is 582 g/mol. The number of aromatic nitrogens is 1. The lowest BCUT2D eigenvalue weighted by Gasteiger charge is -2.26. The Balaban J connectivity index is 2.08. The van der Waals surface area contributed by atoms with Gasteiger partial charge >= 0.3 is 0 Å². The third-order valence-corrected chi connectivity index (χ3v) is 9.28. The second-order valence-corrected chi connectivity index (χ2v) is 18.8. The summed E-state index contributed by atoms with van der Waals surface area (Å²) < 4.78 is 13.5. The standard InChI is InChI=1S/C42H61NO4/c1-25-19-26(20-31(35(25)45)40(8,9)10)17-18-34(44)43-46-36-29(21-27(38(2,3)4)23-32(36)41(11,12)13)30-22-28(39(5,6)7)24-33(37(30)47-43)42(14,15)16/h19-24,34,44-45H,17-18H2,1-16H3. The van der Waals surface area contributed by atoms with Crippen LogP contribution >= 0.6 is 0 Å². The lowest BCUT2D eigenvalue weighted by molar-refractivity contribution is -0.0740. The average molecular weight is 644 g/mol. The maximum absolute atomic E-state index is 11.8. The van der Waals surface area contributed by atoms with Crippen LogP contribution in [0.2, 0.25) is 0 Å². The molecular formula is C42H61NO4. The summed E-state index contributed by atoms with van der Waals surface area (Å²) in [6.45, 7) is 34.9. The number of fused-ring (bicyclic) bond motifs is 3. The first-order valence-corrected chi connectivity index (χ1v) is 17.2. The van der Waals surface area contributed by atoms with Crippen LogP contribution in [-0.2, 0) is 33.5 Å². The van der Waals surface area contributed by atoms with Crippen LogP contribution in [0.5, 0.6) is 5.75 Å². The topological polar surface area (TPSA) is 71.7 Å². The number of hydrogen-bond donors (Lipinski definition) is 2. The maximum Gasteiger partial charge on any atom is 0.197 e. The van der Waals surface area contributed by atoms with Crippen LogP contribution in [0.4, 0.5) is 0 Å². The van der Waals surface area contributed by atoms with E-state index >= 15 is 0 Å². The van der Waals surface area contributed by atoms with Gasteiger partial charge in [-0.15, -0.1) is 0 Å². The highest BCUT2D eigenvalue weighted by Gasteiger charge is 2.29. The second-order valence-electron chi connectivity index (χ2n) is 18.8. The Labute approximate surface area is 283 Å². The highest BCUT2D eigenvalue weighted by Crippen LogP contribution is 2.42. The number of hydrogen-bond acceptors (Lipinski definition) is 4. The van der Waals surface area contributed by atoms with Gasteiger partial charge in [-0.05, 0) is 85.3 Å². The maximum atomic E-state index is 11.8. The number of aliphatic hydroxyl groups is 1. The van der Waals surface area contributed by atoms with Crippen LogP contribution in [0.3, 0.4) is 0 Å². The van der Waals surface area contributed by atoms with Gasteiger partial charge in [-0.2, -0.15) is 0 Å². The van der Waals surface area contributed by atoms with E-state index in [0.29, 0.717) is 29.8 Å². The third kappa shape index (κ3) is 7.77. The number of phenolic OH excluding ortho intramolecular Hbond substituents is 1. The van der Waals surface area contributed by atoms with Crippen molar-refractivity contribution in [3.8, 4) is 5.75 Å². The van der Waals surface area contributed by atoms with Crippen LogP contribution in [0.25, 0.3) is 21.9 Å². The van der Waals surface area contributed by atoms with E-state index < -0.39 is 6.23 Å². The van der Waals surface area contributed by atoms with Crippen molar-refractivity contribution < 1.29 is 19.3 Å². The van der Waals surface area contributed by atoms with Crippen molar-refractivity contribution >= 4 is 21.9 Å². The molecule has 0 amide bonds. The normalized spacial score (nSPS) is 14.2. The van der Waals surface area contributed by atoms with Crippen LogP contribution in [-0.4, -0.2) is 15.1 Å². The molecule has 0 saturated carbocycles. The molecule has 1 atom stereocenters. The molecule has 4 rings (SSSR count). The Morgan fingerprint density at radius 2 is 0.979 bits per heavy atom. The smallest absolute Gasteiger partial charge is 0.197 e. The number of rotatable bonds is 4. The molecule has 0 aliphatic heterocycles. The molecule has 5 heteroatoms. The monoisotopic (exact) mass is 643 g/mol. The van der Waals surface area contributed by atoms with E-state index in [0.717, 1.165) is 38.6 Å². The van der Waals surface area contributed by atoms with Crippen LogP contribution < -0.4 is 0 Å². The molecule has 0 bridgehead atoms. The average Bonchev–Trinajstić information content (AvgIpc) is 3.06. The SMILES string of the molecule is Cc1cc(CCC(O)n2oc3c(C(C)(C)C)cc(C(C)(C)C)cc3c3cc(C(C)(C)C)cc(C(C)(C)C)c3o2)cc(C(C)(C)C)c1O. The number of benzene rings is 3. The Hall–Kier alpha value is -3.18. The summed E-state index contributed by atoms with van der Waals surface area (Å²) in [5, 5.41) is 24.6. The first-order valence-electron chi connectivity index (χ1n) is 17.2. The van der Waals surface area contributed by atoms with Gasteiger partial charge in [-0.3, -0.25) is 0 Å². The van der Waals surface area contributed by atoms with Crippen LogP contribution in [0.15, 0.2) is 45.4 Å². The minimum Gasteiger partial charge on any atom is -0.507 e. The Bertz CT molecular complexity index is 1730. The van der Waals surface area contributed by atoms with Gasteiger partial charge in [0.25, 0.3) is 0 Å². The zero-order valence-electron chi connectivity index (χ0n) is 32.1. The second kappa shape index (κ2) is 12.1. The molecule has 0 saturated heterocycles. The summed E-state index contributed by atoms with van der Waals surface area (Å²) in [6, 6.07) is 13.1. The van der Waals surface area contributed by atoms with E-state index in [1.54, 1.807) is 0 Å². The molecule has 1 heterocycles. The van der Waals surface area contributed by atoms with Crippen molar-refractivity contribution in [3.05, 3.63) is 75.3 Å². The summed E-state index contributed by atoms with van der Waals surface area (Å²) in [6.07, 6.45) is -0.112. The van der Waals surface area contributed by atoms with Crippen LogP contribution in [0, 0.1) is 6.92 Å². The Morgan fingerprint density at radius 1 is 0.574 bits per heavy atom. The van der Waals surface area contributed by atoms with E-state index in [2.05, 4.69) is 134 Å². The highest BCUT2D eigenvalue weighted by molar-refractivity contribution is 6.04. The van der Waals surface area contributed by atoms with Gasteiger partial charge in [0.15, 0.2) is 17.4 Å². The van der Waals surface area contributed by atoms with Gasteiger partial charge in [0.2, 0.25) is 0 Å². The first kappa shape index (κ1) is 36.7. The summed E-state index contributed by atoms with van der Waals surface area (Å²) in [7, 11) is 0. The van der Waals surface area contributed by atoms with Crippen molar-refractivity contribution in [1.29, 1.82) is 0 Å². The van der Waals surface area contributed by atoms with Crippen molar-refractivity contribution in [2.75, 3.05) is 0 Å².